The standard InChI is InChI=1S/C20H25FN2O2/c1-14-15(2)25-16(3)19(14)20(24)23-10-4-9-22(11-12-23)13-17-5-7-18(21)8-6-17/h5-8H,4,9-13H2,1-3H3. The molecule has 1 saturated heterocycles. The molecule has 0 atom stereocenters. The van der Waals surface area contributed by atoms with E-state index >= 15 is 0 Å². The Balaban J connectivity index is 1.65. The highest BCUT2D eigenvalue weighted by molar-refractivity contribution is 5.96. The molecule has 0 radical (unpaired) electrons. The summed E-state index contributed by atoms with van der Waals surface area (Å²) in [6.07, 6.45) is 0.932. The summed E-state index contributed by atoms with van der Waals surface area (Å²) in [5, 5.41) is 0. The Morgan fingerprint density at radius 2 is 1.76 bits per heavy atom. The zero-order valence-corrected chi connectivity index (χ0v) is 15.1. The number of hydrogen-bond donors (Lipinski definition) is 0. The number of rotatable bonds is 3. The lowest BCUT2D eigenvalue weighted by Gasteiger charge is -2.22. The average Bonchev–Trinajstić information content (AvgIpc) is 2.76. The molecule has 0 aliphatic carbocycles. The number of nitrogens with zero attached hydrogens (tertiary/aromatic N) is 2. The van der Waals surface area contributed by atoms with E-state index in [9.17, 15) is 9.18 Å². The topological polar surface area (TPSA) is 36.7 Å². The van der Waals surface area contributed by atoms with Crippen molar-refractivity contribution in [3.05, 3.63) is 58.3 Å². The lowest BCUT2D eigenvalue weighted by molar-refractivity contribution is 0.0758. The Hall–Kier alpha value is -2.14. The van der Waals surface area contributed by atoms with Crippen molar-refractivity contribution in [1.29, 1.82) is 0 Å². The number of halogens is 1. The molecule has 134 valence electrons. The van der Waals surface area contributed by atoms with E-state index in [0.29, 0.717) is 17.9 Å². The van der Waals surface area contributed by atoms with E-state index in [0.717, 1.165) is 49.5 Å². The van der Waals surface area contributed by atoms with Crippen molar-refractivity contribution in [1.82, 2.24) is 9.80 Å². The van der Waals surface area contributed by atoms with Crippen LogP contribution in [0.2, 0.25) is 0 Å². The molecule has 1 aliphatic rings. The van der Waals surface area contributed by atoms with Crippen LogP contribution in [0.3, 0.4) is 0 Å². The number of furan rings is 1. The molecule has 25 heavy (non-hydrogen) atoms. The Labute approximate surface area is 148 Å². The molecular formula is C20H25FN2O2. The molecule has 0 spiro atoms. The Kier molecular flexibility index (Phi) is 5.23. The minimum atomic E-state index is -0.211. The summed E-state index contributed by atoms with van der Waals surface area (Å²) in [7, 11) is 0. The zero-order valence-electron chi connectivity index (χ0n) is 15.1. The second kappa shape index (κ2) is 7.40. The molecule has 1 aliphatic heterocycles. The summed E-state index contributed by atoms with van der Waals surface area (Å²) >= 11 is 0. The van der Waals surface area contributed by atoms with Gasteiger partial charge in [0.05, 0.1) is 5.56 Å². The van der Waals surface area contributed by atoms with Gasteiger partial charge in [0, 0.05) is 38.3 Å². The van der Waals surface area contributed by atoms with Gasteiger partial charge in [0.15, 0.2) is 0 Å². The number of hydrogen-bond acceptors (Lipinski definition) is 3. The first-order valence-corrected chi connectivity index (χ1v) is 8.78. The van der Waals surface area contributed by atoms with Gasteiger partial charge in [-0.1, -0.05) is 12.1 Å². The zero-order chi connectivity index (χ0) is 18.0. The summed E-state index contributed by atoms with van der Waals surface area (Å²) in [6.45, 7) is 9.67. The largest absolute Gasteiger partial charge is 0.466 e. The van der Waals surface area contributed by atoms with E-state index in [1.165, 1.54) is 12.1 Å². The van der Waals surface area contributed by atoms with Crippen molar-refractivity contribution in [2.24, 2.45) is 0 Å². The predicted molar refractivity (Wildman–Crippen MR) is 95.1 cm³/mol. The SMILES string of the molecule is Cc1oc(C)c(C(=O)N2CCCN(Cc3ccc(F)cc3)CC2)c1C. The molecule has 1 fully saturated rings. The lowest BCUT2D eigenvalue weighted by atomic mass is 10.1. The highest BCUT2D eigenvalue weighted by Gasteiger charge is 2.25. The Morgan fingerprint density at radius 1 is 1.04 bits per heavy atom. The fourth-order valence-electron chi connectivity index (χ4n) is 3.45. The van der Waals surface area contributed by atoms with Crippen molar-refractivity contribution >= 4 is 5.91 Å². The van der Waals surface area contributed by atoms with Crippen molar-refractivity contribution in [2.45, 2.75) is 33.7 Å². The van der Waals surface area contributed by atoms with Gasteiger partial charge in [-0.15, -0.1) is 0 Å². The van der Waals surface area contributed by atoms with Gasteiger partial charge in [0.1, 0.15) is 17.3 Å². The third kappa shape index (κ3) is 3.93. The molecule has 1 aromatic carbocycles. The molecule has 3 rings (SSSR count). The first-order valence-electron chi connectivity index (χ1n) is 8.78. The van der Waals surface area contributed by atoms with Crippen molar-refractivity contribution in [3.63, 3.8) is 0 Å². The fraction of sp³-hybridized carbons (Fsp3) is 0.450. The molecule has 1 aromatic heterocycles. The summed E-state index contributed by atoms with van der Waals surface area (Å²) < 4.78 is 18.6. The number of aryl methyl sites for hydroxylation is 2. The smallest absolute Gasteiger partial charge is 0.257 e. The van der Waals surface area contributed by atoms with Crippen LogP contribution in [0.1, 0.15) is 39.4 Å². The molecule has 2 heterocycles. The number of carbonyl (C=O) groups excluding carboxylic acids is 1. The van der Waals surface area contributed by atoms with Crippen LogP contribution in [0.4, 0.5) is 4.39 Å². The van der Waals surface area contributed by atoms with E-state index in [2.05, 4.69) is 4.90 Å². The minimum Gasteiger partial charge on any atom is -0.466 e. The maximum absolute atomic E-state index is 13.0. The molecule has 2 aromatic rings. The second-order valence-corrected chi connectivity index (χ2v) is 6.76. The number of benzene rings is 1. The first-order chi connectivity index (χ1) is 12.0. The van der Waals surface area contributed by atoms with Crippen LogP contribution < -0.4 is 0 Å². The van der Waals surface area contributed by atoms with Gasteiger partial charge in [-0.2, -0.15) is 0 Å². The predicted octanol–water partition coefficient (Wildman–Crippen LogP) is 3.69. The maximum Gasteiger partial charge on any atom is 0.257 e. The van der Waals surface area contributed by atoms with Gasteiger partial charge in [-0.3, -0.25) is 9.69 Å². The lowest BCUT2D eigenvalue weighted by Crippen LogP contribution is -2.35. The van der Waals surface area contributed by atoms with Crippen molar-refractivity contribution in [2.75, 3.05) is 26.2 Å². The molecule has 1 amide bonds. The highest BCUT2D eigenvalue weighted by atomic mass is 19.1. The van der Waals surface area contributed by atoms with Gasteiger partial charge in [-0.25, -0.2) is 4.39 Å². The van der Waals surface area contributed by atoms with E-state index < -0.39 is 0 Å². The van der Waals surface area contributed by atoms with Crippen molar-refractivity contribution in [3.8, 4) is 0 Å². The van der Waals surface area contributed by atoms with Crippen LogP contribution >= 0.6 is 0 Å². The van der Waals surface area contributed by atoms with Crippen molar-refractivity contribution < 1.29 is 13.6 Å². The summed E-state index contributed by atoms with van der Waals surface area (Å²) in [5.41, 5.74) is 2.75. The Morgan fingerprint density at radius 3 is 2.40 bits per heavy atom. The average molecular weight is 344 g/mol. The molecule has 4 nitrogen and oxygen atoms in total. The monoisotopic (exact) mass is 344 g/mol. The van der Waals surface area contributed by atoms with Gasteiger partial charge in [0.25, 0.3) is 5.91 Å². The van der Waals surface area contributed by atoms with Crippen LogP contribution in [-0.2, 0) is 6.54 Å². The minimum absolute atomic E-state index is 0.0653. The molecule has 0 bridgehead atoms. The Bertz CT molecular complexity index is 752. The van der Waals surface area contributed by atoms with E-state index in [4.69, 9.17) is 4.42 Å². The summed E-state index contributed by atoms with van der Waals surface area (Å²) in [5.74, 6) is 1.37. The molecule has 5 heteroatoms. The molecule has 0 unspecified atom stereocenters. The van der Waals surface area contributed by atoms with E-state index in [1.54, 1.807) is 0 Å². The normalized spacial score (nSPS) is 16.1. The van der Waals surface area contributed by atoms with Gasteiger partial charge >= 0.3 is 0 Å². The van der Waals surface area contributed by atoms with E-state index in [-0.39, 0.29) is 11.7 Å². The highest BCUT2D eigenvalue weighted by Crippen LogP contribution is 2.23. The number of carbonyl (C=O) groups is 1. The first kappa shape index (κ1) is 17.7. The van der Waals surface area contributed by atoms with Gasteiger partial charge in [0.2, 0.25) is 0 Å². The van der Waals surface area contributed by atoms with Crippen LogP contribution in [0.5, 0.6) is 0 Å². The third-order valence-electron chi connectivity index (χ3n) is 4.97. The summed E-state index contributed by atoms with van der Waals surface area (Å²) in [6, 6.07) is 6.64. The quantitative estimate of drug-likeness (QED) is 0.852. The van der Waals surface area contributed by atoms with Crippen LogP contribution in [0.25, 0.3) is 0 Å². The van der Waals surface area contributed by atoms with Crippen LogP contribution in [-0.4, -0.2) is 41.9 Å². The fourth-order valence-corrected chi connectivity index (χ4v) is 3.45. The van der Waals surface area contributed by atoms with Crippen LogP contribution in [0, 0.1) is 26.6 Å². The maximum atomic E-state index is 13.0. The summed E-state index contributed by atoms with van der Waals surface area (Å²) in [4.78, 5) is 17.2. The number of amides is 1. The second-order valence-electron chi connectivity index (χ2n) is 6.76. The van der Waals surface area contributed by atoms with Gasteiger partial charge in [-0.05, 0) is 44.9 Å². The molecule has 0 N–H and O–H groups in total. The van der Waals surface area contributed by atoms with Gasteiger partial charge < -0.3 is 9.32 Å². The van der Waals surface area contributed by atoms with Crippen LogP contribution in [0.15, 0.2) is 28.7 Å². The molecule has 0 saturated carbocycles. The molecular weight excluding hydrogens is 319 g/mol. The third-order valence-corrected chi connectivity index (χ3v) is 4.97. The van der Waals surface area contributed by atoms with E-state index in [1.807, 2.05) is 37.8 Å².